The summed E-state index contributed by atoms with van der Waals surface area (Å²) in [4.78, 5) is 22.0. The van der Waals surface area contributed by atoms with Crippen molar-refractivity contribution in [3.05, 3.63) is 40.5 Å². The molecule has 1 N–H and O–H groups in total. The zero-order valence-corrected chi connectivity index (χ0v) is 14.5. The van der Waals surface area contributed by atoms with Crippen molar-refractivity contribution in [1.29, 1.82) is 0 Å². The van der Waals surface area contributed by atoms with Gasteiger partial charge in [0.2, 0.25) is 0 Å². The summed E-state index contributed by atoms with van der Waals surface area (Å²) in [5, 5.41) is 4.46. The van der Waals surface area contributed by atoms with Crippen molar-refractivity contribution < 1.29 is 4.79 Å². The number of rotatable bonds is 2. The van der Waals surface area contributed by atoms with Gasteiger partial charge in [0.25, 0.3) is 0 Å². The molecule has 2 aromatic heterocycles. The van der Waals surface area contributed by atoms with Crippen molar-refractivity contribution >= 4 is 40.5 Å². The minimum atomic E-state index is 0. The van der Waals surface area contributed by atoms with Crippen LogP contribution in [0.25, 0.3) is 0 Å². The van der Waals surface area contributed by atoms with E-state index in [1.54, 1.807) is 23.7 Å². The number of fused-ring (bicyclic) bond motifs is 1. The van der Waals surface area contributed by atoms with Crippen LogP contribution >= 0.6 is 23.7 Å². The second-order valence-corrected chi connectivity index (χ2v) is 6.82. The molecule has 0 saturated carbocycles. The van der Waals surface area contributed by atoms with Crippen molar-refractivity contribution in [2.24, 2.45) is 0 Å². The fourth-order valence-electron chi connectivity index (χ4n) is 3.07. The highest BCUT2D eigenvalue weighted by Gasteiger charge is 2.33. The predicted octanol–water partition coefficient (Wildman–Crippen LogP) is 2.97. The van der Waals surface area contributed by atoms with Gasteiger partial charge < -0.3 is 5.32 Å². The van der Waals surface area contributed by atoms with E-state index >= 15 is 0 Å². The molecule has 2 aliphatic rings. The first kappa shape index (κ1) is 16.2. The third-order valence-corrected chi connectivity index (χ3v) is 5.52. The molecule has 5 nitrogen and oxygen atoms in total. The zero-order valence-electron chi connectivity index (χ0n) is 12.9. The van der Waals surface area contributed by atoms with E-state index in [2.05, 4.69) is 16.4 Å². The second kappa shape index (κ2) is 6.47. The van der Waals surface area contributed by atoms with Crippen molar-refractivity contribution in [3.63, 3.8) is 0 Å². The summed E-state index contributed by atoms with van der Waals surface area (Å²) in [6, 6.07) is 4.20. The molecule has 0 atom stereocenters. The van der Waals surface area contributed by atoms with E-state index in [-0.39, 0.29) is 18.4 Å². The van der Waals surface area contributed by atoms with Crippen LogP contribution in [-0.2, 0) is 13.0 Å². The standard InChI is InChI=1S/C16H18N4OS.ClH/c1-11-2-4-17-9-13(11)19-6-7-20(16(19)21)15-8-12-3-5-18-10-14(12)22-15;/h2,4,8-9,18H,3,5-7,10H2,1H3;1H. The summed E-state index contributed by atoms with van der Waals surface area (Å²) < 4.78 is 0. The number of hydrogen-bond acceptors (Lipinski definition) is 4. The van der Waals surface area contributed by atoms with Gasteiger partial charge in [-0.3, -0.25) is 14.8 Å². The van der Waals surface area contributed by atoms with Crippen molar-refractivity contribution in [2.75, 3.05) is 29.4 Å². The van der Waals surface area contributed by atoms with Crippen LogP contribution in [0.1, 0.15) is 16.0 Å². The minimum Gasteiger partial charge on any atom is -0.312 e. The van der Waals surface area contributed by atoms with Crippen molar-refractivity contribution in [3.8, 4) is 0 Å². The van der Waals surface area contributed by atoms with Gasteiger partial charge in [0.15, 0.2) is 0 Å². The van der Waals surface area contributed by atoms with Gasteiger partial charge in [0.05, 0.1) is 16.9 Å². The number of carbonyl (C=O) groups excluding carboxylic acids is 1. The highest BCUT2D eigenvalue weighted by Crippen LogP contribution is 2.35. The highest BCUT2D eigenvalue weighted by atomic mass is 35.5. The van der Waals surface area contributed by atoms with Gasteiger partial charge in [-0.25, -0.2) is 4.79 Å². The third kappa shape index (κ3) is 2.82. The van der Waals surface area contributed by atoms with E-state index in [0.717, 1.165) is 42.3 Å². The lowest BCUT2D eigenvalue weighted by molar-refractivity contribution is 0.256. The average molecular weight is 351 g/mol. The van der Waals surface area contributed by atoms with E-state index in [9.17, 15) is 4.79 Å². The number of urea groups is 1. The number of hydrogen-bond donors (Lipinski definition) is 1. The molecule has 2 amide bonds. The molecule has 122 valence electrons. The maximum absolute atomic E-state index is 12.8. The lowest BCUT2D eigenvalue weighted by Gasteiger charge is -2.18. The number of amides is 2. The predicted molar refractivity (Wildman–Crippen MR) is 96.0 cm³/mol. The maximum Gasteiger partial charge on any atom is 0.329 e. The Bertz CT molecular complexity index is 709. The first-order valence-electron chi connectivity index (χ1n) is 7.56. The summed E-state index contributed by atoms with van der Waals surface area (Å²) in [5.74, 6) is 0. The van der Waals surface area contributed by atoms with Crippen LogP contribution in [0.2, 0.25) is 0 Å². The van der Waals surface area contributed by atoms with E-state index in [4.69, 9.17) is 0 Å². The van der Waals surface area contributed by atoms with E-state index in [1.807, 2.05) is 22.8 Å². The number of aryl methyl sites for hydroxylation is 1. The molecule has 1 fully saturated rings. The Hall–Kier alpha value is -1.63. The average Bonchev–Trinajstić information content (AvgIpc) is 3.11. The number of anilines is 2. The van der Waals surface area contributed by atoms with Crippen molar-refractivity contribution in [2.45, 2.75) is 19.9 Å². The second-order valence-electron chi connectivity index (χ2n) is 5.71. The monoisotopic (exact) mass is 350 g/mol. The number of aromatic nitrogens is 1. The molecule has 0 aliphatic carbocycles. The van der Waals surface area contributed by atoms with Gasteiger partial charge in [-0.2, -0.15) is 0 Å². The van der Waals surface area contributed by atoms with Crippen molar-refractivity contribution in [1.82, 2.24) is 10.3 Å². The van der Waals surface area contributed by atoms with Gasteiger partial charge in [-0.1, -0.05) is 0 Å². The van der Waals surface area contributed by atoms with Crippen LogP contribution in [-0.4, -0.2) is 30.6 Å². The molecule has 0 bridgehead atoms. The molecule has 7 heteroatoms. The van der Waals surface area contributed by atoms with Crippen LogP contribution in [0.3, 0.4) is 0 Å². The van der Waals surface area contributed by atoms with E-state index < -0.39 is 0 Å². The Kier molecular flexibility index (Phi) is 4.57. The van der Waals surface area contributed by atoms with E-state index in [1.165, 1.54) is 10.4 Å². The summed E-state index contributed by atoms with van der Waals surface area (Å²) in [7, 11) is 0. The highest BCUT2D eigenvalue weighted by molar-refractivity contribution is 7.16. The van der Waals surface area contributed by atoms with Crippen LogP contribution in [0.4, 0.5) is 15.5 Å². The van der Waals surface area contributed by atoms with Gasteiger partial charge in [0.1, 0.15) is 0 Å². The SMILES string of the molecule is Cc1ccncc1N1CCN(c2cc3c(s2)CNCC3)C1=O.Cl. The smallest absolute Gasteiger partial charge is 0.312 e. The molecular weight excluding hydrogens is 332 g/mol. The zero-order chi connectivity index (χ0) is 15.1. The largest absolute Gasteiger partial charge is 0.329 e. The van der Waals surface area contributed by atoms with Crippen LogP contribution in [0.15, 0.2) is 24.5 Å². The molecule has 2 aliphatic heterocycles. The normalized spacial score (nSPS) is 17.2. The van der Waals surface area contributed by atoms with Gasteiger partial charge in [0, 0.05) is 30.7 Å². The summed E-state index contributed by atoms with van der Waals surface area (Å²) in [6.45, 7) is 5.42. The Morgan fingerprint density at radius 1 is 1.30 bits per heavy atom. The first-order valence-corrected chi connectivity index (χ1v) is 8.37. The molecule has 4 rings (SSSR count). The molecule has 0 spiro atoms. The first-order chi connectivity index (χ1) is 10.7. The molecule has 0 radical (unpaired) electrons. The third-order valence-electron chi connectivity index (χ3n) is 4.32. The molecule has 1 saturated heterocycles. The number of nitrogens with zero attached hydrogens (tertiary/aromatic N) is 3. The molecule has 0 unspecified atom stereocenters. The Morgan fingerprint density at radius 2 is 2.13 bits per heavy atom. The molecular formula is C16H19ClN4OS. The van der Waals surface area contributed by atoms with Crippen LogP contribution in [0, 0.1) is 6.92 Å². The summed E-state index contributed by atoms with van der Waals surface area (Å²) in [6.07, 6.45) is 4.59. The minimum absolute atomic E-state index is 0. The fourth-order valence-corrected chi connectivity index (χ4v) is 4.27. The Labute approximate surface area is 145 Å². The van der Waals surface area contributed by atoms with Crippen LogP contribution in [0.5, 0.6) is 0 Å². The summed E-state index contributed by atoms with van der Waals surface area (Å²) in [5.41, 5.74) is 3.39. The number of halogens is 1. The van der Waals surface area contributed by atoms with E-state index in [0.29, 0.717) is 6.54 Å². The van der Waals surface area contributed by atoms with Gasteiger partial charge >= 0.3 is 6.03 Å². The number of carbonyl (C=O) groups is 1. The molecule has 4 heterocycles. The molecule has 23 heavy (non-hydrogen) atoms. The molecule has 0 aromatic carbocycles. The lowest BCUT2D eigenvalue weighted by Crippen LogP contribution is -2.31. The number of nitrogens with one attached hydrogen (secondary N) is 1. The van der Waals surface area contributed by atoms with Gasteiger partial charge in [-0.15, -0.1) is 23.7 Å². The topological polar surface area (TPSA) is 48.5 Å². The Morgan fingerprint density at radius 3 is 2.91 bits per heavy atom. The number of thiophene rings is 1. The summed E-state index contributed by atoms with van der Waals surface area (Å²) >= 11 is 1.74. The van der Waals surface area contributed by atoms with Crippen LogP contribution < -0.4 is 15.1 Å². The fraction of sp³-hybridized carbons (Fsp3) is 0.375. The van der Waals surface area contributed by atoms with Gasteiger partial charge in [-0.05, 0) is 43.1 Å². The quantitative estimate of drug-likeness (QED) is 0.905. The maximum atomic E-state index is 12.8. The number of pyridine rings is 1. The molecule has 2 aromatic rings. The lowest BCUT2D eigenvalue weighted by atomic mass is 10.1. The Balaban J connectivity index is 0.00000156.